The lowest BCUT2D eigenvalue weighted by Gasteiger charge is -2.18. The molecule has 5 rings (SSSR count). The van der Waals surface area contributed by atoms with Crippen molar-refractivity contribution in [2.24, 2.45) is 0 Å². The van der Waals surface area contributed by atoms with Crippen molar-refractivity contribution >= 4 is 33.3 Å². The fourth-order valence-electron chi connectivity index (χ4n) is 3.23. The molecule has 0 bridgehead atoms. The summed E-state index contributed by atoms with van der Waals surface area (Å²) in [4.78, 5) is 17.1. The van der Waals surface area contributed by atoms with Gasteiger partial charge in [-0.05, 0) is 37.3 Å². The van der Waals surface area contributed by atoms with E-state index in [0.717, 1.165) is 5.39 Å². The number of carbonyl (C=O) groups excluding carboxylic acids is 1. The lowest BCUT2D eigenvalue weighted by Crippen LogP contribution is -2.17. The van der Waals surface area contributed by atoms with E-state index in [1.807, 2.05) is 36.6 Å². The zero-order valence-corrected chi connectivity index (χ0v) is 17.0. The Labute approximate surface area is 176 Å². The van der Waals surface area contributed by atoms with Crippen LogP contribution in [0.4, 0.5) is 5.13 Å². The largest absolute Gasteiger partial charge is 0.490 e. The van der Waals surface area contributed by atoms with E-state index in [9.17, 15) is 4.79 Å². The van der Waals surface area contributed by atoms with Gasteiger partial charge in [0.2, 0.25) is 0 Å². The summed E-state index contributed by atoms with van der Waals surface area (Å²) in [6.45, 7) is 3.46. The van der Waals surface area contributed by atoms with Gasteiger partial charge in [-0.15, -0.1) is 11.3 Å². The zero-order valence-electron chi connectivity index (χ0n) is 16.1. The summed E-state index contributed by atoms with van der Waals surface area (Å²) in [5.41, 5.74) is 1.81. The van der Waals surface area contributed by atoms with E-state index in [4.69, 9.17) is 18.6 Å². The molecule has 0 unspecified atom stereocenters. The Balaban J connectivity index is 1.36. The third kappa shape index (κ3) is 3.46. The molecule has 0 radical (unpaired) electrons. The van der Waals surface area contributed by atoms with Crippen molar-refractivity contribution in [1.82, 2.24) is 4.98 Å². The molecule has 2 aromatic carbocycles. The Hall–Kier alpha value is -3.52. The van der Waals surface area contributed by atoms with Crippen LogP contribution in [0.1, 0.15) is 17.3 Å². The minimum atomic E-state index is -0.267. The maximum Gasteiger partial charge on any atom is 0.257 e. The molecular weight excluding hydrogens is 404 g/mol. The first-order chi connectivity index (χ1) is 14.7. The van der Waals surface area contributed by atoms with Crippen molar-refractivity contribution in [2.75, 3.05) is 25.1 Å². The topological polar surface area (TPSA) is 82.8 Å². The van der Waals surface area contributed by atoms with Crippen LogP contribution in [0.5, 0.6) is 17.2 Å². The Bertz CT molecular complexity index is 1230. The smallest absolute Gasteiger partial charge is 0.257 e. The number of rotatable bonds is 5. The minimum Gasteiger partial charge on any atom is -0.490 e. The molecule has 0 aliphatic carbocycles. The molecule has 2 aromatic heterocycles. The van der Waals surface area contributed by atoms with E-state index >= 15 is 0 Å². The number of nitrogens with zero attached hydrogens (tertiary/aromatic N) is 1. The summed E-state index contributed by atoms with van der Waals surface area (Å²) < 4.78 is 22.6. The van der Waals surface area contributed by atoms with Crippen LogP contribution in [-0.2, 0) is 0 Å². The number of carbonyl (C=O) groups is 1. The Morgan fingerprint density at radius 3 is 2.90 bits per heavy atom. The third-order valence-corrected chi connectivity index (χ3v) is 5.35. The fourth-order valence-corrected chi connectivity index (χ4v) is 3.92. The molecule has 30 heavy (non-hydrogen) atoms. The number of hydrogen-bond donors (Lipinski definition) is 1. The fraction of sp³-hybridized carbons (Fsp3) is 0.182. The first kappa shape index (κ1) is 18.5. The summed E-state index contributed by atoms with van der Waals surface area (Å²) >= 11 is 1.33. The van der Waals surface area contributed by atoms with Crippen LogP contribution < -0.4 is 19.5 Å². The van der Waals surface area contributed by atoms with Crippen LogP contribution in [-0.4, -0.2) is 30.7 Å². The molecule has 8 heteroatoms. The van der Waals surface area contributed by atoms with E-state index in [2.05, 4.69) is 10.3 Å². The number of ether oxygens (including phenoxy) is 3. The number of benzene rings is 2. The standard InChI is InChI=1S/C22H18N2O5S/c1-2-26-17-5-3-4-13-10-18(29-20(13)17)15-12-30-22(23-15)24-21(25)14-6-7-16-19(11-14)28-9-8-27-16/h3-7,10-12H,2,8-9H2,1H3,(H,23,24,25). The highest BCUT2D eigenvalue weighted by Gasteiger charge is 2.17. The van der Waals surface area contributed by atoms with Crippen LogP contribution in [0.2, 0.25) is 0 Å². The highest BCUT2D eigenvalue weighted by molar-refractivity contribution is 7.14. The Kier molecular flexibility index (Phi) is 4.76. The second-order valence-corrected chi connectivity index (χ2v) is 7.43. The summed E-state index contributed by atoms with van der Waals surface area (Å²) in [5.74, 6) is 2.26. The van der Waals surface area contributed by atoms with E-state index in [1.54, 1.807) is 18.2 Å². The molecular formula is C22H18N2O5S. The number of nitrogens with one attached hydrogen (secondary N) is 1. The van der Waals surface area contributed by atoms with Crippen LogP contribution in [0, 0.1) is 0 Å². The second kappa shape index (κ2) is 7.72. The second-order valence-electron chi connectivity index (χ2n) is 6.57. The molecule has 0 saturated heterocycles. The van der Waals surface area contributed by atoms with Crippen molar-refractivity contribution < 1.29 is 23.4 Å². The monoisotopic (exact) mass is 422 g/mol. The number of fused-ring (bicyclic) bond motifs is 2. The molecule has 1 amide bonds. The lowest BCUT2D eigenvalue weighted by atomic mass is 10.2. The predicted molar refractivity (Wildman–Crippen MR) is 114 cm³/mol. The molecule has 0 fully saturated rings. The molecule has 1 aliphatic rings. The number of anilines is 1. The maximum atomic E-state index is 12.6. The Morgan fingerprint density at radius 1 is 1.17 bits per heavy atom. The Morgan fingerprint density at radius 2 is 2.03 bits per heavy atom. The van der Waals surface area contributed by atoms with Gasteiger partial charge < -0.3 is 18.6 Å². The van der Waals surface area contributed by atoms with Gasteiger partial charge in [-0.25, -0.2) is 4.98 Å². The van der Waals surface area contributed by atoms with Gasteiger partial charge in [0.15, 0.2) is 33.7 Å². The molecule has 0 spiro atoms. The van der Waals surface area contributed by atoms with Crippen LogP contribution in [0.3, 0.4) is 0 Å². The molecule has 1 aliphatic heterocycles. The lowest BCUT2D eigenvalue weighted by molar-refractivity contribution is 0.102. The van der Waals surface area contributed by atoms with Crippen molar-refractivity contribution in [3.05, 3.63) is 53.4 Å². The van der Waals surface area contributed by atoms with Gasteiger partial charge in [0.1, 0.15) is 18.9 Å². The number of furan rings is 1. The third-order valence-electron chi connectivity index (χ3n) is 4.59. The van der Waals surface area contributed by atoms with Gasteiger partial charge in [-0.3, -0.25) is 10.1 Å². The van der Waals surface area contributed by atoms with Crippen molar-refractivity contribution in [3.8, 4) is 28.7 Å². The van der Waals surface area contributed by atoms with E-state index in [0.29, 0.717) is 64.8 Å². The molecule has 0 saturated carbocycles. The SMILES string of the molecule is CCOc1cccc2cc(-c3csc(NC(=O)c4ccc5c(c4)OCCO5)n3)oc12. The zero-order chi connectivity index (χ0) is 20.5. The summed E-state index contributed by atoms with van der Waals surface area (Å²) in [6, 6.07) is 12.8. The molecule has 3 heterocycles. The summed E-state index contributed by atoms with van der Waals surface area (Å²) in [7, 11) is 0. The maximum absolute atomic E-state index is 12.6. The highest BCUT2D eigenvalue weighted by atomic mass is 32.1. The number of hydrogen-bond acceptors (Lipinski definition) is 7. The molecule has 152 valence electrons. The van der Waals surface area contributed by atoms with E-state index in [1.165, 1.54) is 11.3 Å². The molecule has 1 N–H and O–H groups in total. The minimum absolute atomic E-state index is 0.267. The number of para-hydroxylation sites is 1. The number of amides is 1. The van der Waals surface area contributed by atoms with Crippen molar-refractivity contribution in [1.29, 1.82) is 0 Å². The summed E-state index contributed by atoms with van der Waals surface area (Å²) in [6.07, 6.45) is 0. The molecule has 0 atom stereocenters. The van der Waals surface area contributed by atoms with Gasteiger partial charge in [0.25, 0.3) is 5.91 Å². The van der Waals surface area contributed by atoms with Crippen LogP contribution >= 0.6 is 11.3 Å². The van der Waals surface area contributed by atoms with Gasteiger partial charge in [0, 0.05) is 16.3 Å². The van der Waals surface area contributed by atoms with Gasteiger partial charge >= 0.3 is 0 Å². The first-order valence-corrected chi connectivity index (χ1v) is 10.4. The van der Waals surface area contributed by atoms with Crippen LogP contribution in [0.25, 0.3) is 22.4 Å². The van der Waals surface area contributed by atoms with Gasteiger partial charge in [-0.1, -0.05) is 12.1 Å². The van der Waals surface area contributed by atoms with Crippen molar-refractivity contribution in [2.45, 2.75) is 6.92 Å². The van der Waals surface area contributed by atoms with E-state index < -0.39 is 0 Å². The normalized spacial score (nSPS) is 12.7. The first-order valence-electron chi connectivity index (χ1n) is 9.53. The van der Waals surface area contributed by atoms with Gasteiger partial charge in [0.05, 0.1) is 6.61 Å². The number of aromatic nitrogens is 1. The van der Waals surface area contributed by atoms with Gasteiger partial charge in [-0.2, -0.15) is 0 Å². The van der Waals surface area contributed by atoms with Crippen LogP contribution in [0.15, 0.2) is 52.3 Å². The average molecular weight is 422 g/mol. The average Bonchev–Trinajstić information content (AvgIpc) is 3.41. The number of thiazole rings is 1. The predicted octanol–water partition coefficient (Wildman–Crippen LogP) is 4.98. The highest BCUT2D eigenvalue weighted by Crippen LogP contribution is 2.35. The van der Waals surface area contributed by atoms with E-state index in [-0.39, 0.29) is 5.91 Å². The quantitative estimate of drug-likeness (QED) is 0.488. The molecule has 7 nitrogen and oxygen atoms in total. The van der Waals surface area contributed by atoms with Crippen molar-refractivity contribution in [3.63, 3.8) is 0 Å². The summed E-state index contributed by atoms with van der Waals surface area (Å²) in [5, 5.41) is 6.09. The molecule has 4 aromatic rings.